The van der Waals surface area contributed by atoms with E-state index in [1.54, 1.807) is 17.8 Å². The Bertz CT molecular complexity index is 805. The van der Waals surface area contributed by atoms with Crippen molar-refractivity contribution < 1.29 is 8.42 Å². The number of hydrogen-bond acceptors (Lipinski definition) is 5. The van der Waals surface area contributed by atoms with Crippen molar-refractivity contribution in [3.05, 3.63) is 18.0 Å². The van der Waals surface area contributed by atoms with Crippen LogP contribution in [0, 0.1) is 12.8 Å². The Morgan fingerprint density at radius 3 is 2.87 bits per heavy atom. The van der Waals surface area contributed by atoms with Gasteiger partial charge in [0.05, 0.1) is 5.69 Å². The standard InChI is InChI=1S/C14H21N5O2S.ClH/c1-9-12-6-11(8-16-14(12)19(2)17-9)22(20,21)18-13-5-3-4-10(13)7-15;/h6,8,10,13,18H,3-5,7,15H2,1-2H3;1H. The van der Waals surface area contributed by atoms with Crippen LogP contribution in [0.25, 0.3) is 11.0 Å². The van der Waals surface area contributed by atoms with Gasteiger partial charge in [-0.3, -0.25) is 4.68 Å². The zero-order valence-corrected chi connectivity index (χ0v) is 14.8. The van der Waals surface area contributed by atoms with Gasteiger partial charge in [0.25, 0.3) is 0 Å². The van der Waals surface area contributed by atoms with Crippen LogP contribution in [0.15, 0.2) is 17.2 Å². The van der Waals surface area contributed by atoms with Crippen molar-refractivity contribution in [1.82, 2.24) is 19.5 Å². The van der Waals surface area contributed by atoms with Gasteiger partial charge in [-0.25, -0.2) is 18.1 Å². The Hall–Kier alpha value is -1.22. The minimum Gasteiger partial charge on any atom is -0.330 e. The van der Waals surface area contributed by atoms with Gasteiger partial charge in [0, 0.05) is 24.7 Å². The summed E-state index contributed by atoms with van der Waals surface area (Å²) in [4.78, 5) is 4.42. The molecule has 2 aromatic heterocycles. The van der Waals surface area contributed by atoms with Gasteiger partial charge in [-0.15, -0.1) is 12.4 Å². The van der Waals surface area contributed by atoms with E-state index in [1.165, 1.54) is 6.20 Å². The van der Waals surface area contributed by atoms with Gasteiger partial charge in [0.15, 0.2) is 5.65 Å². The van der Waals surface area contributed by atoms with Gasteiger partial charge in [-0.2, -0.15) is 5.10 Å². The lowest BCUT2D eigenvalue weighted by molar-refractivity contribution is 0.453. The summed E-state index contributed by atoms with van der Waals surface area (Å²) < 4.78 is 29.6. The number of aromatic nitrogens is 3. The average molecular weight is 360 g/mol. The first-order chi connectivity index (χ1) is 10.4. The van der Waals surface area contributed by atoms with Crippen molar-refractivity contribution in [3.8, 4) is 0 Å². The van der Waals surface area contributed by atoms with Crippen LogP contribution in [-0.4, -0.2) is 35.8 Å². The van der Waals surface area contributed by atoms with Crippen molar-refractivity contribution in [2.45, 2.75) is 37.1 Å². The van der Waals surface area contributed by atoms with Crippen LogP contribution in [0.1, 0.15) is 25.0 Å². The predicted octanol–water partition coefficient (Wildman–Crippen LogP) is 1.10. The molecule has 23 heavy (non-hydrogen) atoms. The number of fused-ring (bicyclic) bond motifs is 1. The number of hydrogen-bond donors (Lipinski definition) is 2. The maximum Gasteiger partial charge on any atom is 0.242 e. The minimum atomic E-state index is -3.59. The van der Waals surface area contributed by atoms with E-state index < -0.39 is 10.0 Å². The summed E-state index contributed by atoms with van der Waals surface area (Å²) in [5.74, 6) is 0.214. The molecule has 0 radical (unpaired) electrons. The summed E-state index contributed by atoms with van der Waals surface area (Å²) in [5, 5.41) is 5.02. The molecule has 0 aliphatic heterocycles. The molecule has 2 unspecified atom stereocenters. The van der Waals surface area contributed by atoms with Gasteiger partial charge in [-0.1, -0.05) is 6.42 Å². The molecule has 1 saturated carbocycles. The van der Waals surface area contributed by atoms with E-state index in [-0.39, 0.29) is 29.3 Å². The summed E-state index contributed by atoms with van der Waals surface area (Å²) in [6.07, 6.45) is 4.21. The summed E-state index contributed by atoms with van der Waals surface area (Å²) in [7, 11) is -1.80. The van der Waals surface area contributed by atoms with Crippen molar-refractivity contribution >= 4 is 33.5 Å². The van der Waals surface area contributed by atoms with Crippen LogP contribution >= 0.6 is 12.4 Å². The Morgan fingerprint density at radius 1 is 1.43 bits per heavy atom. The minimum absolute atomic E-state index is 0. The van der Waals surface area contributed by atoms with Gasteiger partial charge in [0.2, 0.25) is 10.0 Å². The Kier molecular flexibility index (Phi) is 5.30. The fourth-order valence-corrected chi connectivity index (χ4v) is 4.49. The molecule has 2 heterocycles. The molecule has 1 fully saturated rings. The highest BCUT2D eigenvalue weighted by molar-refractivity contribution is 7.89. The summed E-state index contributed by atoms with van der Waals surface area (Å²) >= 11 is 0. The molecule has 3 rings (SSSR count). The Balaban J connectivity index is 0.00000192. The highest BCUT2D eigenvalue weighted by Crippen LogP contribution is 2.27. The number of nitrogens with one attached hydrogen (secondary N) is 1. The lowest BCUT2D eigenvalue weighted by atomic mass is 10.1. The van der Waals surface area contributed by atoms with Crippen LogP contribution < -0.4 is 10.5 Å². The lowest BCUT2D eigenvalue weighted by Crippen LogP contribution is -2.39. The smallest absolute Gasteiger partial charge is 0.242 e. The van der Waals surface area contributed by atoms with Crippen LogP contribution in [0.5, 0.6) is 0 Å². The van der Waals surface area contributed by atoms with E-state index in [0.29, 0.717) is 12.2 Å². The second-order valence-corrected chi connectivity index (χ2v) is 7.62. The first-order valence-electron chi connectivity index (χ1n) is 7.44. The van der Waals surface area contributed by atoms with E-state index in [9.17, 15) is 8.42 Å². The van der Waals surface area contributed by atoms with E-state index in [4.69, 9.17) is 5.73 Å². The molecule has 9 heteroatoms. The molecule has 2 aromatic rings. The predicted molar refractivity (Wildman–Crippen MR) is 91.0 cm³/mol. The van der Waals surface area contributed by atoms with Gasteiger partial charge in [0.1, 0.15) is 4.90 Å². The molecule has 0 bridgehead atoms. The van der Waals surface area contributed by atoms with Crippen LogP contribution in [0.2, 0.25) is 0 Å². The molecule has 1 aliphatic carbocycles. The topological polar surface area (TPSA) is 103 Å². The number of sulfonamides is 1. The molecule has 0 amide bonds. The number of halogens is 1. The zero-order chi connectivity index (χ0) is 15.9. The van der Waals surface area contributed by atoms with Crippen molar-refractivity contribution in [3.63, 3.8) is 0 Å². The van der Waals surface area contributed by atoms with E-state index in [0.717, 1.165) is 30.3 Å². The largest absolute Gasteiger partial charge is 0.330 e. The fourth-order valence-electron chi connectivity index (χ4n) is 3.18. The first kappa shape index (κ1) is 18.1. The van der Waals surface area contributed by atoms with Crippen LogP contribution in [0.4, 0.5) is 0 Å². The third-order valence-corrected chi connectivity index (χ3v) is 5.87. The number of aryl methyl sites for hydroxylation is 2. The van der Waals surface area contributed by atoms with Gasteiger partial charge < -0.3 is 5.73 Å². The molecule has 1 aliphatic rings. The first-order valence-corrected chi connectivity index (χ1v) is 8.92. The second kappa shape index (κ2) is 6.72. The van der Waals surface area contributed by atoms with Crippen LogP contribution in [0.3, 0.4) is 0 Å². The number of rotatable bonds is 4. The maximum atomic E-state index is 12.6. The zero-order valence-electron chi connectivity index (χ0n) is 13.2. The number of pyridine rings is 1. The summed E-state index contributed by atoms with van der Waals surface area (Å²) in [6, 6.07) is 1.56. The van der Waals surface area contributed by atoms with Crippen LogP contribution in [-0.2, 0) is 17.1 Å². The quantitative estimate of drug-likeness (QED) is 0.851. The third kappa shape index (κ3) is 3.35. The molecule has 3 N–H and O–H groups in total. The summed E-state index contributed by atoms with van der Waals surface area (Å²) in [6.45, 7) is 2.35. The van der Waals surface area contributed by atoms with Crippen molar-refractivity contribution in [1.29, 1.82) is 0 Å². The Morgan fingerprint density at radius 2 is 2.17 bits per heavy atom. The molecule has 0 spiro atoms. The molecule has 0 aromatic carbocycles. The van der Waals surface area contributed by atoms with Crippen molar-refractivity contribution in [2.75, 3.05) is 6.54 Å². The number of nitrogens with zero attached hydrogens (tertiary/aromatic N) is 3. The highest BCUT2D eigenvalue weighted by atomic mass is 35.5. The SMILES string of the molecule is Cc1nn(C)c2ncc(S(=O)(=O)NC3CCCC3CN)cc12.Cl. The monoisotopic (exact) mass is 359 g/mol. The molecule has 128 valence electrons. The summed E-state index contributed by atoms with van der Waals surface area (Å²) in [5.41, 5.74) is 7.16. The second-order valence-electron chi connectivity index (χ2n) is 5.91. The van der Waals surface area contributed by atoms with E-state index >= 15 is 0 Å². The van der Waals surface area contributed by atoms with Gasteiger partial charge >= 0.3 is 0 Å². The molecule has 2 atom stereocenters. The third-order valence-electron chi connectivity index (χ3n) is 4.42. The Labute approximate surface area is 142 Å². The van der Waals surface area contributed by atoms with Crippen molar-refractivity contribution in [2.24, 2.45) is 18.7 Å². The maximum absolute atomic E-state index is 12.6. The molecule has 7 nitrogen and oxygen atoms in total. The molecular formula is C14H22ClN5O2S. The lowest BCUT2D eigenvalue weighted by Gasteiger charge is -2.19. The highest BCUT2D eigenvalue weighted by Gasteiger charge is 2.30. The normalized spacial score (nSPS) is 21.5. The average Bonchev–Trinajstić information content (AvgIpc) is 3.03. The molecule has 0 saturated heterocycles. The number of nitrogens with two attached hydrogens (primary N) is 1. The molecular weight excluding hydrogens is 338 g/mol. The van der Waals surface area contributed by atoms with Gasteiger partial charge in [-0.05, 0) is 38.3 Å². The fraction of sp³-hybridized carbons (Fsp3) is 0.571. The van der Waals surface area contributed by atoms with E-state index in [2.05, 4.69) is 14.8 Å². The van der Waals surface area contributed by atoms with E-state index in [1.807, 2.05) is 6.92 Å².